The highest BCUT2D eigenvalue weighted by Gasteiger charge is 2.20. The third-order valence-electron chi connectivity index (χ3n) is 3.44. The highest BCUT2D eigenvalue weighted by molar-refractivity contribution is 5.49. The quantitative estimate of drug-likeness (QED) is 0.907. The van der Waals surface area contributed by atoms with Crippen LogP contribution in [0.2, 0.25) is 0 Å². The molecule has 0 aliphatic carbocycles. The molecule has 0 heterocycles. The Morgan fingerprint density at radius 3 is 1.95 bits per heavy atom. The van der Waals surface area contributed by atoms with Gasteiger partial charge in [-0.15, -0.1) is 0 Å². The topological polar surface area (TPSA) is 38.7 Å². The minimum absolute atomic E-state index is 0.622. The molecule has 3 nitrogen and oxygen atoms in total. The number of ether oxygens (including phenoxy) is 2. The molecule has 2 aromatic rings. The lowest BCUT2D eigenvalue weighted by atomic mass is 9.98. The maximum atomic E-state index is 10.6. The van der Waals surface area contributed by atoms with E-state index in [9.17, 15) is 5.11 Å². The summed E-state index contributed by atoms with van der Waals surface area (Å²) in [6.45, 7) is 2.11. The zero-order valence-corrected chi connectivity index (χ0v) is 12.1. The van der Waals surface area contributed by atoms with Crippen molar-refractivity contribution in [1.29, 1.82) is 0 Å². The van der Waals surface area contributed by atoms with Gasteiger partial charge < -0.3 is 14.6 Å². The summed E-state index contributed by atoms with van der Waals surface area (Å²) in [5.74, 6) is 1.24. The molecule has 106 valence electrons. The minimum atomic E-state index is -0.771. The van der Waals surface area contributed by atoms with E-state index in [0.29, 0.717) is 17.1 Å². The zero-order chi connectivity index (χ0) is 14.5. The number of hydrogen-bond acceptors (Lipinski definition) is 3. The van der Waals surface area contributed by atoms with Crippen LogP contribution < -0.4 is 9.47 Å². The predicted molar refractivity (Wildman–Crippen MR) is 79.4 cm³/mol. The average Bonchev–Trinajstić information content (AvgIpc) is 2.53. The third-order valence-corrected chi connectivity index (χ3v) is 3.44. The first-order chi connectivity index (χ1) is 9.71. The Labute approximate surface area is 119 Å². The van der Waals surface area contributed by atoms with Gasteiger partial charge in [0, 0.05) is 0 Å². The maximum absolute atomic E-state index is 10.6. The first-order valence-electron chi connectivity index (χ1n) is 6.69. The van der Waals surface area contributed by atoms with Gasteiger partial charge in [0.1, 0.15) is 17.6 Å². The van der Waals surface area contributed by atoms with E-state index < -0.39 is 6.10 Å². The lowest BCUT2D eigenvalue weighted by molar-refractivity contribution is 0.209. The number of hydrogen-bond donors (Lipinski definition) is 1. The highest BCUT2D eigenvalue weighted by atomic mass is 16.5. The van der Waals surface area contributed by atoms with Crippen molar-refractivity contribution >= 4 is 0 Å². The summed E-state index contributed by atoms with van der Waals surface area (Å²) in [6.07, 6.45) is 0.209. The van der Waals surface area contributed by atoms with Gasteiger partial charge in [0.25, 0.3) is 0 Å². The van der Waals surface area contributed by atoms with Crippen molar-refractivity contribution < 1.29 is 14.6 Å². The van der Waals surface area contributed by atoms with E-state index in [1.807, 2.05) is 42.5 Å². The fourth-order valence-electron chi connectivity index (χ4n) is 2.25. The van der Waals surface area contributed by atoms with Crippen LogP contribution in [0.4, 0.5) is 0 Å². The average molecular weight is 272 g/mol. The predicted octanol–water partition coefficient (Wildman–Crippen LogP) is 3.35. The largest absolute Gasteiger partial charge is 0.496 e. The minimum Gasteiger partial charge on any atom is -0.496 e. The van der Waals surface area contributed by atoms with Gasteiger partial charge in [-0.05, 0) is 29.7 Å². The second-order valence-corrected chi connectivity index (χ2v) is 4.57. The Balaban J connectivity index is 2.43. The molecule has 0 spiro atoms. The summed E-state index contributed by atoms with van der Waals surface area (Å²) in [7, 11) is 3.18. The van der Waals surface area contributed by atoms with Crippen LogP contribution in [0.15, 0.2) is 42.5 Å². The van der Waals surface area contributed by atoms with E-state index in [2.05, 4.69) is 6.92 Å². The fraction of sp³-hybridized carbons (Fsp3) is 0.294. The van der Waals surface area contributed by atoms with Crippen molar-refractivity contribution in [3.8, 4) is 11.5 Å². The smallest absolute Gasteiger partial charge is 0.128 e. The van der Waals surface area contributed by atoms with Gasteiger partial charge in [-0.1, -0.05) is 37.3 Å². The summed E-state index contributed by atoms with van der Waals surface area (Å²) in [5, 5.41) is 10.6. The van der Waals surface area contributed by atoms with Gasteiger partial charge in [0.15, 0.2) is 0 Å². The number of rotatable bonds is 5. The van der Waals surface area contributed by atoms with Gasteiger partial charge >= 0.3 is 0 Å². The number of methoxy groups -OCH3 is 2. The van der Waals surface area contributed by atoms with E-state index >= 15 is 0 Å². The van der Waals surface area contributed by atoms with Crippen LogP contribution in [-0.2, 0) is 6.42 Å². The van der Waals surface area contributed by atoms with E-state index in [4.69, 9.17) is 9.47 Å². The molecule has 0 saturated heterocycles. The molecule has 1 atom stereocenters. The van der Waals surface area contributed by atoms with E-state index in [1.54, 1.807) is 14.2 Å². The number of aliphatic hydroxyl groups excluding tert-OH is 1. The summed E-state index contributed by atoms with van der Waals surface area (Å²) in [5.41, 5.74) is 2.72. The lowest BCUT2D eigenvalue weighted by Crippen LogP contribution is -2.05. The van der Waals surface area contributed by atoms with Crippen LogP contribution >= 0.6 is 0 Å². The molecule has 1 N–H and O–H groups in total. The summed E-state index contributed by atoms with van der Waals surface area (Å²) < 4.78 is 10.7. The van der Waals surface area contributed by atoms with Crippen LogP contribution in [0.1, 0.15) is 29.7 Å². The normalized spacial score (nSPS) is 12.0. The first kappa shape index (κ1) is 14.4. The Morgan fingerprint density at radius 1 is 0.950 bits per heavy atom. The molecular weight excluding hydrogens is 252 g/mol. The molecule has 2 aromatic carbocycles. The molecule has 0 amide bonds. The monoisotopic (exact) mass is 272 g/mol. The van der Waals surface area contributed by atoms with E-state index in [0.717, 1.165) is 12.0 Å². The number of aliphatic hydroxyl groups is 1. The van der Waals surface area contributed by atoms with Crippen LogP contribution in [0.25, 0.3) is 0 Å². The first-order valence-corrected chi connectivity index (χ1v) is 6.69. The molecule has 0 aliphatic heterocycles. The standard InChI is InChI=1S/C17H20O3/c1-4-12-8-10-13(11-9-12)17(18)16-14(19-2)6-5-7-15(16)20-3/h5-11,17-18H,4H2,1-3H3. The summed E-state index contributed by atoms with van der Waals surface area (Å²) >= 11 is 0. The second-order valence-electron chi connectivity index (χ2n) is 4.57. The molecule has 20 heavy (non-hydrogen) atoms. The second kappa shape index (κ2) is 6.44. The van der Waals surface area contributed by atoms with Crippen molar-refractivity contribution in [3.05, 3.63) is 59.2 Å². The Hall–Kier alpha value is -2.00. The SMILES string of the molecule is CCc1ccc(C(O)c2c(OC)cccc2OC)cc1. The number of benzene rings is 2. The van der Waals surface area contributed by atoms with Gasteiger partial charge in [0.2, 0.25) is 0 Å². The fourth-order valence-corrected chi connectivity index (χ4v) is 2.25. The van der Waals surface area contributed by atoms with Gasteiger partial charge in [0.05, 0.1) is 19.8 Å². The van der Waals surface area contributed by atoms with Crippen molar-refractivity contribution in [1.82, 2.24) is 0 Å². The van der Waals surface area contributed by atoms with E-state index in [1.165, 1.54) is 5.56 Å². The molecule has 0 radical (unpaired) electrons. The van der Waals surface area contributed by atoms with Gasteiger partial charge in [-0.2, -0.15) is 0 Å². The number of aryl methyl sites for hydroxylation is 1. The van der Waals surface area contributed by atoms with Crippen LogP contribution in [0.5, 0.6) is 11.5 Å². The maximum Gasteiger partial charge on any atom is 0.128 e. The zero-order valence-electron chi connectivity index (χ0n) is 12.1. The van der Waals surface area contributed by atoms with Gasteiger partial charge in [-0.3, -0.25) is 0 Å². The van der Waals surface area contributed by atoms with Crippen molar-refractivity contribution in [2.45, 2.75) is 19.4 Å². The Morgan fingerprint density at radius 2 is 1.50 bits per heavy atom. The van der Waals surface area contributed by atoms with Crippen LogP contribution in [-0.4, -0.2) is 19.3 Å². The molecular formula is C17H20O3. The third kappa shape index (κ3) is 2.78. The highest BCUT2D eigenvalue weighted by Crippen LogP contribution is 2.37. The molecule has 0 aromatic heterocycles. The van der Waals surface area contributed by atoms with Crippen LogP contribution in [0.3, 0.4) is 0 Å². The molecule has 0 saturated carbocycles. The Kier molecular flexibility index (Phi) is 4.64. The Bertz CT molecular complexity index is 539. The molecule has 1 unspecified atom stereocenters. The molecule has 0 bridgehead atoms. The molecule has 3 heteroatoms. The van der Waals surface area contributed by atoms with Crippen molar-refractivity contribution in [3.63, 3.8) is 0 Å². The summed E-state index contributed by atoms with van der Waals surface area (Å²) in [6, 6.07) is 13.4. The van der Waals surface area contributed by atoms with Gasteiger partial charge in [-0.25, -0.2) is 0 Å². The van der Waals surface area contributed by atoms with Crippen molar-refractivity contribution in [2.24, 2.45) is 0 Å². The molecule has 2 rings (SSSR count). The summed E-state index contributed by atoms with van der Waals surface area (Å²) in [4.78, 5) is 0. The van der Waals surface area contributed by atoms with Crippen LogP contribution in [0, 0.1) is 0 Å². The lowest BCUT2D eigenvalue weighted by Gasteiger charge is -2.18. The molecule has 0 aliphatic rings. The van der Waals surface area contributed by atoms with E-state index in [-0.39, 0.29) is 0 Å². The van der Waals surface area contributed by atoms with Crippen molar-refractivity contribution in [2.75, 3.05) is 14.2 Å². The molecule has 0 fully saturated rings.